The van der Waals surface area contributed by atoms with Crippen molar-refractivity contribution in [1.82, 2.24) is 0 Å². The average molecular weight is 239 g/mol. The highest BCUT2D eigenvalue weighted by molar-refractivity contribution is 5.46. The Labute approximate surface area is 101 Å². The minimum absolute atomic E-state index is 0.282. The summed E-state index contributed by atoms with van der Waals surface area (Å²) in [6.45, 7) is 2.16. The Kier molecular flexibility index (Phi) is 3.97. The van der Waals surface area contributed by atoms with Crippen LogP contribution in [0, 0.1) is 17.6 Å². The molecule has 2 atom stereocenters. The van der Waals surface area contributed by atoms with Gasteiger partial charge in [0.25, 0.3) is 0 Å². The number of rotatable bonds is 3. The summed E-state index contributed by atoms with van der Waals surface area (Å²) < 4.78 is 26.6. The lowest BCUT2D eigenvalue weighted by atomic mass is 9.83. The van der Waals surface area contributed by atoms with Crippen LogP contribution >= 0.6 is 0 Å². The van der Waals surface area contributed by atoms with E-state index in [9.17, 15) is 8.78 Å². The second-order valence-electron chi connectivity index (χ2n) is 4.80. The van der Waals surface area contributed by atoms with Crippen LogP contribution in [-0.4, -0.2) is 6.04 Å². The van der Waals surface area contributed by atoms with Crippen molar-refractivity contribution in [2.24, 2.45) is 5.92 Å². The van der Waals surface area contributed by atoms with Crippen LogP contribution in [0.1, 0.15) is 39.0 Å². The van der Waals surface area contributed by atoms with E-state index < -0.39 is 11.6 Å². The van der Waals surface area contributed by atoms with E-state index >= 15 is 0 Å². The van der Waals surface area contributed by atoms with Gasteiger partial charge in [0.05, 0.1) is 5.69 Å². The second-order valence-corrected chi connectivity index (χ2v) is 4.80. The van der Waals surface area contributed by atoms with Crippen LogP contribution in [0.25, 0.3) is 0 Å². The second kappa shape index (κ2) is 5.48. The van der Waals surface area contributed by atoms with E-state index in [1.807, 2.05) is 0 Å². The summed E-state index contributed by atoms with van der Waals surface area (Å²) in [5.41, 5.74) is 0.301. The molecule has 1 saturated carbocycles. The third-order valence-electron chi connectivity index (χ3n) is 3.73. The number of hydrogen-bond acceptors (Lipinski definition) is 1. The van der Waals surface area contributed by atoms with E-state index in [0.29, 0.717) is 11.6 Å². The van der Waals surface area contributed by atoms with E-state index in [2.05, 4.69) is 12.2 Å². The van der Waals surface area contributed by atoms with E-state index in [4.69, 9.17) is 0 Å². The molecule has 2 rings (SSSR count). The van der Waals surface area contributed by atoms with Gasteiger partial charge in [-0.1, -0.05) is 32.3 Å². The Morgan fingerprint density at radius 2 is 2.00 bits per heavy atom. The van der Waals surface area contributed by atoms with Crippen LogP contribution in [0.2, 0.25) is 0 Å². The van der Waals surface area contributed by atoms with Gasteiger partial charge in [-0.15, -0.1) is 0 Å². The number of halogens is 2. The fourth-order valence-corrected chi connectivity index (χ4v) is 2.70. The molecular weight excluding hydrogens is 220 g/mol. The molecule has 0 radical (unpaired) electrons. The molecule has 0 saturated heterocycles. The van der Waals surface area contributed by atoms with E-state index in [1.165, 1.54) is 19.3 Å². The lowest BCUT2D eigenvalue weighted by Crippen LogP contribution is -2.32. The van der Waals surface area contributed by atoms with Crippen molar-refractivity contribution in [2.45, 2.75) is 45.1 Å². The molecule has 1 aromatic carbocycles. The Bertz CT molecular complexity index is 378. The smallest absolute Gasteiger partial charge is 0.181 e. The van der Waals surface area contributed by atoms with Gasteiger partial charge in [-0.2, -0.15) is 0 Å². The standard InChI is InChI=1S/C14H19F2N/c1-2-10-6-3-4-8-12(10)17-13-9-5-7-11(15)14(13)16/h5,7,9-10,12,17H,2-4,6,8H2,1H3. The maximum absolute atomic E-state index is 13.6. The summed E-state index contributed by atoms with van der Waals surface area (Å²) in [6.07, 6.45) is 5.75. The third-order valence-corrected chi connectivity index (χ3v) is 3.73. The topological polar surface area (TPSA) is 12.0 Å². The molecule has 17 heavy (non-hydrogen) atoms. The molecule has 1 nitrogen and oxygen atoms in total. The van der Waals surface area contributed by atoms with Crippen molar-refractivity contribution in [3.63, 3.8) is 0 Å². The van der Waals surface area contributed by atoms with Gasteiger partial charge in [-0.3, -0.25) is 0 Å². The fraction of sp³-hybridized carbons (Fsp3) is 0.571. The largest absolute Gasteiger partial charge is 0.380 e. The average Bonchev–Trinajstić information content (AvgIpc) is 2.35. The Morgan fingerprint density at radius 3 is 2.76 bits per heavy atom. The predicted molar refractivity (Wildman–Crippen MR) is 66.0 cm³/mol. The highest BCUT2D eigenvalue weighted by Crippen LogP contribution is 2.30. The first-order valence-corrected chi connectivity index (χ1v) is 6.43. The maximum atomic E-state index is 13.6. The molecule has 0 amide bonds. The van der Waals surface area contributed by atoms with Crippen molar-refractivity contribution in [3.8, 4) is 0 Å². The molecule has 2 unspecified atom stereocenters. The Balaban J connectivity index is 2.11. The first-order chi connectivity index (χ1) is 8.22. The van der Waals surface area contributed by atoms with Crippen LogP contribution in [-0.2, 0) is 0 Å². The first-order valence-electron chi connectivity index (χ1n) is 6.43. The van der Waals surface area contributed by atoms with Crippen LogP contribution < -0.4 is 5.32 Å². The van der Waals surface area contributed by atoms with E-state index in [1.54, 1.807) is 12.1 Å². The zero-order chi connectivity index (χ0) is 12.3. The fourth-order valence-electron chi connectivity index (χ4n) is 2.70. The minimum atomic E-state index is -0.779. The molecule has 1 aliphatic rings. The van der Waals surface area contributed by atoms with E-state index in [-0.39, 0.29) is 6.04 Å². The summed E-state index contributed by atoms with van der Waals surface area (Å²) in [4.78, 5) is 0. The van der Waals surface area contributed by atoms with Crippen molar-refractivity contribution in [2.75, 3.05) is 5.32 Å². The van der Waals surface area contributed by atoms with Crippen LogP contribution in [0.15, 0.2) is 18.2 Å². The minimum Gasteiger partial charge on any atom is -0.380 e. The van der Waals surface area contributed by atoms with Gasteiger partial charge in [-0.25, -0.2) is 8.78 Å². The van der Waals surface area contributed by atoms with Crippen molar-refractivity contribution < 1.29 is 8.78 Å². The molecule has 0 aromatic heterocycles. The molecular formula is C14H19F2N. The van der Waals surface area contributed by atoms with Gasteiger partial charge >= 0.3 is 0 Å². The molecule has 1 aromatic rings. The molecule has 0 heterocycles. The van der Waals surface area contributed by atoms with Crippen LogP contribution in [0.5, 0.6) is 0 Å². The van der Waals surface area contributed by atoms with Gasteiger partial charge < -0.3 is 5.32 Å². The highest BCUT2D eigenvalue weighted by atomic mass is 19.2. The summed E-state index contributed by atoms with van der Waals surface area (Å²) >= 11 is 0. The number of hydrogen-bond donors (Lipinski definition) is 1. The Morgan fingerprint density at radius 1 is 1.24 bits per heavy atom. The van der Waals surface area contributed by atoms with Gasteiger partial charge in [0.1, 0.15) is 0 Å². The van der Waals surface area contributed by atoms with E-state index in [0.717, 1.165) is 18.9 Å². The van der Waals surface area contributed by atoms with Gasteiger partial charge in [-0.05, 0) is 30.9 Å². The molecule has 0 bridgehead atoms. The predicted octanol–water partition coefficient (Wildman–Crippen LogP) is 4.35. The zero-order valence-electron chi connectivity index (χ0n) is 10.2. The quantitative estimate of drug-likeness (QED) is 0.827. The molecule has 0 spiro atoms. The summed E-state index contributed by atoms with van der Waals surface area (Å²) in [5.74, 6) is -0.960. The number of anilines is 1. The molecule has 1 fully saturated rings. The summed E-state index contributed by atoms with van der Waals surface area (Å²) in [5, 5.41) is 3.18. The molecule has 3 heteroatoms. The molecule has 1 aliphatic carbocycles. The van der Waals surface area contributed by atoms with Gasteiger partial charge in [0.15, 0.2) is 11.6 Å². The Hall–Kier alpha value is -1.12. The molecule has 94 valence electrons. The third kappa shape index (κ3) is 2.76. The highest BCUT2D eigenvalue weighted by Gasteiger charge is 2.24. The number of nitrogens with one attached hydrogen (secondary N) is 1. The van der Waals surface area contributed by atoms with Crippen molar-refractivity contribution in [1.29, 1.82) is 0 Å². The normalized spacial score (nSPS) is 24.6. The van der Waals surface area contributed by atoms with Gasteiger partial charge in [0.2, 0.25) is 0 Å². The monoisotopic (exact) mass is 239 g/mol. The summed E-state index contributed by atoms with van der Waals surface area (Å²) in [7, 11) is 0. The molecule has 0 aliphatic heterocycles. The number of benzene rings is 1. The SMILES string of the molecule is CCC1CCCCC1Nc1cccc(F)c1F. The van der Waals surface area contributed by atoms with Crippen LogP contribution in [0.4, 0.5) is 14.5 Å². The molecule has 1 N–H and O–H groups in total. The first kappa shape index (κ1) is 12.3. The van der Waals surface area contributed by atoms with Crippen LogP contribution in [0.3, 0.4) is 0 Å². The summed E-state index contributed by atoms with van der Waals surface area (Å²) in [6, 6.07) is 4.59. The van der Waals surface area contributed by atoms with Crippen molar-refractivity contribution >= 4 is 5.69 Å². The van der Waals surface area contributed by atoms with Gasteiger partial charge in [0, 0.05) is 6.04 Å². The zero-order valence-corrected chi connectivity index (χ0v) is 10.2. The lowest BCUT2D eigenvalue weighted by molar-refractivity contribution is 0.316. The maximum Gasteiger partial charge on any atom is 0.181 e. The van der Waals surface area contributed by atoms with Crippen molar-refractivity contribution in [3.05, 3.63) is 29.8 Å². The lowest BCUT2D eigenvalue weighted by Gasteiger charge is -2.32.